The summed E-state index contributed by atoms with van der Waals surface area (Å²) >= 11 is 0. The van der Waals surface area contributed by atoms with Crippen LogP contribution in [0.4, 0.5) is 13.2 Å². The molecule has 0 fully saturated rings. The van der Waals surface area contributed by atoms with Gasteiger partial charge in [0.25, 0.3) is 0 Å². The van der Waals surface area contributed by atoms with Crippen molar-refractivity contribution in [3.05, 3.63) is 35.1 Å². The van der Waals surface area contributed by atoms with Crippen LogP contribution in [0.15, 0.2) is 12.1 Å². The third-order valence-electron chi connectivity index (χ3n) is 2.40. The highest BCUT2D eigenvalue weighted by molar-refractivity contribution is 5.22. The van der Waals surface area contributed by atoms with E-state index < -0.39 is 23.0 Å². The third-order valence-corrected chi connectivity index (χ3v) is 2.40. The summed E-state index contributed by atoms with van der Waals surface area (Å²) < 4.78 is 39.2. The van der Waals surface area contributed by atoms with Crippen LogP contribution in [-0.4, -0.2) is 12.6 Å². The second-order valence-electron chi connectivity index (χ2n) is 4.16. The van der Waals surface area contributed by atoms with Gasteiger partial charge < -0.3 is 5.32 Å². The van der Waals surface area contributed by atoms with Crippen molar-refractivity contribution in [3.63, 3.8) is 0 Å². The van der Waals surface area contributed by atoms with Crippen molar-refractivity contribution in [3.8, 4) is 0 Å². The Morgan fingerprint density at radius 2 is 1.60 bits per heavy atom. The molecule has 4 heteroatoms. The fraction of sp³-hybridized carbons (Fsp3) is 0.455. The van der Waals surface area contributed by atoms with Crippen LogP contribution in [0.5, 0.6) is 0 Å². The van der Waals surface area contributed by atoms with E-state index in [1.165, 1.54) is 0 Å². The summed E-state index contributed by atoms with van der Waals surface area (Å²) in [4.78, 5) is 0. The first-order valence-electron chi connectivity index (χ1n) is 4.68. The molecule has 1 rings (SSSR count). The molecule has 0 atom stereocenters. The number of hydrogen-bond donors (Lipinski definition) is 1. The minimum absolute atomic E-state index is 0.0873. The van der Waals surface area contributed by atoms with Gasteiger partial charge in [0.15, 0.2) is 0 Å². The maximum absolute atomic E-state index is 13.3. The highest BCUT2D eigenvalue weighted by Crippen LogP contribution is 2.20. The van der Waals surface area contributed by atoms with E-state index in [9.17, 15) is 13.2 Å². The Hall–Kier alpha value is -1.03. The van der Waals surface area contributed by atoms with Crippen LogP contribution in [-0.2, 0) is 6.42 Å². The molecule has 0 amide bonds. The predicted molar refractivity (Wildman–Crippen MR) is 53.2 cm³/mol. The highest BCUT2D eigenvalue weighted by atomic mass is 19.1. The zero-order valence-electron chi connectivity index (χ0n) is 9.00. The summed E-state index contributed by atoms with van der Waals surface area (Å²) in [5.41, 5.74) is -0.518. The Morgan fingerprint density at radius 1 is 1.13 bits per heavy atom. The lowest BCUT2D eigenvalue weighted by atomic mass is 9.94. The summed E-state index contributed by atoms with van der Waals surface area (Å²) in [6, 6.07) is 1.40. The maximum atomic E-state index is 13.3. The standard InChI is InChI=1S/C11H14F3N/c1-11(2,15-3)6-8-9(13)4-7(12)5-10(8)14/h4-5,15H,6H2,1-3H3. The molecule has 1 nitrogen and oxygen atoms in total. The van der Waals surface area contributed by atoms with Gasteiger partial charge in [-0.3, -0.25) is 0 Å². The summed E-state index contributed by atoms with van der Waals surface area (Å²) in [6.45, 7) is 3.63. The van der Waals surface area contributed by atoms with Crippen molar-refractivity contribution in [2.75, 3.05) is 7.05 Å². The zero-order chi connectivity index (χ0) is 11.6. The molecule has 0 aliphatic rings. The van der Waals surface area contributed by atoms with E-state index in [1.54, 1.807) is 7.05 Å². The van der Waals surface area contributed by atoms with Crippen LogP contribution in [0.1, 0.15) is 19.4 Å². The lowest BCUT2D eigenvalue weighted by Crippen LogP contribution is -2.38. The molecule has 1 aromatic rings. The van der Waals surface area contributed by atoms with E-state index in [2.05, 4.69) is 5.32 Å². The molecule has 0 aliphatic heterocycles. The third kappa shape index (κ3) is 2.96. The van der Waals surface area contributed by atoms with Gasteiger partial charge in [-0.1, -0.05) is 0 Å². The van der Waals surface area contributed by atoms with Crippen LogP contribution in [0.2, 0.25) is 0 Å². The van der Waals surface area contributed by atoms with Crippen molar-refractivity contribution in [2.24, 2.45) is 0 Å². The topological polar surface area (TPSA) is 12.0 Å². The van der Waals surface area contributed by atoms with Crippen LogP contribution in [0.3, 0.4) is 0 Å². The molecular formula is C11H14F3N. The largest absolute Gasteiger partial charge is 0.314 e. The van der Waals surface area contributed by atoms with E-state index in [0.717, 1.165) is 0 Å². The van der Waals surface area contributed by atoms with Gasteiger partial charge >= 0.3 is 0 Å². The fourth-order valence-corrected chi connectivity index (χ4v) is 1.27. The number of hydrogen-bond acceptors (Lipinski definition) is 1. The molecule has 15 heavy (non-hydrogen) atoms. The second kappa shape index (κ2) is 4.23. The van der Waals surface area contributed by atoms with Gasteiger partial charge in [-0.05, 0) is 27.3 Å². The SMILES string of the molecule is CNC(C)(C)Cc1c(F)cc(F)cc1F. The number of nitrogens with one attached hydrogen (secondary N) is 1. The molecule has 0 aromatic heterocycles. The Morgan fingerprint density at radius 3 is 2.00 bits per heavy atom. The maximum Gasteiger partial charge on any atom is 0.132 e. The molecule has 0 unspecified atom stereocenters. The summed E-state index contributed by atoms with van der Waals surface area (Å²) in [7, 11) is 1.71. The molecular weight excluding hydrogens is 203 g/mol. The molecule has 0 bridgehead atoms. The first-order valence-corrected chi connectivity index (χ1v) is 4.68. The Bertz CT molecular complexity index is 338. The first-order chi connectivity index (χ1) is 6.85. The quantitative estimate of drug-likeness (QED) is 0.820. The molecule has 0 radical (unpaired) electrons. The van der Waals surface area contributed by atoms with Crippen molar-refractivity contribution in [1.29, 1.82) is 0 Å². The van der Waals surface area contributed by atoms with E-state index in [4.69, 9.17) is 0 Å². The monoisotopic (exact) mass is 217 g/mol. The van der Waals surface area contributed by atoms with Gasteiger partial charge in [-0.25, -0.2) is 13.2 Å². The zero-order valence-corrected chi connectivity index (χ0v) is 9.00. The molecule has 1 aromatic carbocycles. The van der Waals surface area contributed by atoms with Crippen molar-refractivity contribution in [2.45, 2.75) is 25.8 Å². The van der Waals surface area contributed by atoms with Crippen LogP contribution >= 0.6 is 0 Å². The number of benzene rings is 1. The fourth-order valence-electron chi connectivity index (χ4n) is 1.27. The molecule has 1 N–H and O–H groups in total. The average Bonchev–Trinajstić information content (AvgIpc) is 2.11. The normalized spacial score (nSPS) is 11.9. The van der Waals surface area contributed by atoms with E-state index in [-0.39, 0.29) is 12.0 Å². The summed E-state index contributed by atoms with van der Waals surface area (Å²) in [6.07, 6.45) is 0.168. The summed E-state index contributed by atoms with van der Waals surface area (Å²) in [5, 5.41) is 2.93. The molecule has 0 aliphatic carbocycles. The summed E-state index contributed by atoms with van der Waals surface area (Å²) in [5.74, 6) is -2.57. The highest BCUT2D eigenvalue weighted by Gasteiger charge is 2.21. The van der Waals surface area contributed by atoms with Crippen molar-refractivity contribution >= 4 is 0 Å². The van der Waals surface area contributed by atoms with Crippen LogP contribution in [0.25, 0.3) is 0 Å². The van der Waals surface area contributed by atoms with Crippen molar-refractivity contribution < 1.29 is 13.2 Å². The van der Waals surface area contributed by atoms with E-state index in [1.807, 2.05) is 13.8 Å². The second-order valence-corrected chi connectivity index (χ2v) is 4.16. The molecule has 84 valence electrons. The van der Waals surface area contributed by atoms with Gasteiger partial charge in [-0.2, -0.15) is 0 Å². The Balaban J connectivity index is 3.05. The van der Waals surface area contributed by atoms with Crippen LogP contribution in [0, 0.1) is 17.5 Å². The average molecular weight is 217 g/mol. The Labute approximate surface area is 87.3 Å². The Kier molecular flexibility index (Phi) is 3.39. The van der Waals surface area contributed by atoms with E-state index in [0.29, 0.717) is 12.1 Å². The first kappa shape index (κ1) is 12.0. The van der Waals surface area contributed by atoms with Gasteiger partial charge in [-0.15, -0.1) is 0 Å². The number of likely N-dealkylation sites (N-methyl/N-ethyl adjacent to an activating group) is 1. The van der Waals surface area contributed by atoms with Gasteiger partial charge in [0.1, 0.15) is 17.5 Å². The van der Waals surface area contributed by atoms with E-state index >= 15 is 0 Å². The van der Waals surface area contributed by atoms with Gasteiger partial charge in [0.05, 0.1) is 0 Å². The lowest BCUT2D eigenvalue weighted by Gasteiger charge is -2.24. The molecule has 0 saturated carbocycles. The molecule has 0 saturated heterocycles. The smallest absolute Gasteiger partial charge is 0.132 e. The molecule has 0 spiro atoms. The number of halogens is 3. The molecule has 0 heterocycles. The number of rotatable bonds is 3. The van der Waals surface area contributed by atoms with Crippen LogP contribution < -0.4 is 5.32 Å². The van der Waals surface area contributed by atoms with Gasteiger partial charge in [0.2, 0.25) is 0 Å². The lowest BCUT2D eigenvalue weighted by molar-refractivity contribution is 0.401. The minimum Gasteiger partial charge on any atom is -0.314 e. The van der Waals surface area contributed by atoms with Gasteiger partial charge in [0, 0.05) is 23.2 Å². The predicted octanol–water partition coefficient (Wildman–Crippen LogP) is 2.64. The minimum atomic E-state index is -0.893. The van der Waals surface area contributed by atoms with Crippen molar-refractivity contribution in [1.82, 2.24) is 5.32 Å².